The molecule has 156 valence electrons. The lowest BCUT2D eigenvalue weighted by molar-refractivity contribution is -0.137. The summed E-state index contributed by atoms with van der Waals surface area (Å²) in [6, 6.07) is 6.33. The Balaban J connectivity index is 2.07. The second-order valence-electron chi connectivity index (χ2n) is 6.87. The molecule has 3 rings (SSSR count). The van der Waals surface area contributed by atoms with Gasteiger partial charge in [-0.15, -0.1) is 0 Å². The number of aryl methyl sites for hydroxylation is 1. The van der Waals surface area contributed by atoms with Gasteiger partial charge in [-0.1, -0.05) is 6.07 Å². The molecule has 1 saturated heterocycles. The first kappa shape index (κ1) is 21.2. The third-order valence-corrected chi connectivity index (χ3v) is 4.84. The Bertz CT molecular complexity index is 1060. The number of hydrogen-bond donors (Lipinski definition) is 1. The summed E-state index contributed by atoms with van der Waals surface area (Å²) in [7, 11) is 1.39. The molecular weight excluding hydrogens is 402 g/mol. The predicted molar refractivity (Wildman–Crippen MR) is 102 cm³/mol. The first-order chi connectivity index (χ1) is 14.0. The minimum Gasteiger partial charge on any atom is -0.338 e. The zero-order valence-corrected chi connectivity index (χ0v) is 16.1. The molecule has 2 aromatic rings. The van der Waals surface area contributed by atoms with E-state index in [-0.39, 0.29) is 35.9 Å². The van der Waals surface area contributed by atoms with Crippen molar-refractivity contribution < 1.29 is 22.4 Å². The smallest absolute Gasteiger partial charge is 0.338 e. The number of halogens is 4. The number of nitrogens with one attached hydrogen (secondary N) is 1. The van der Waals surface area contributed by atoms with E-state index in [2.05, 4.69) is 4.98 Å². The second kappa shape index (κ2) is 7.74. The molecule has 1 aliphatic rings. The molecule has 10 heteroatoms. The molecule has 1 aromatic heterocycles. The molecule has 2 heterocycles. The van der Waals surface area contributed by atoms with Gasteiger partial charge in [0.1, 0.15) is 29.3 Å². The summed E-state index contributed by atoms with van der Waals surface area (Å²) in [6.45, 7) is 1.41. The van der Waals surface area contributed by atoms with Gasteiger partial charge in [0.2, 0.25) is 0 Å². The fourth-order valence-corrected chi connectivity index (χ4v) is 3.40. The molecule has 1 N–H and O–H groups in total. The first-order valence-electron chi connectivity index (χ1n) is 8.90. The maximum Gasteiger partial charge on any atom is 0.417 e. The van der Waals surface area contributed by atoms with Crippen molar-refractivity contribution in [3.05, 3.63) is 53.0 Å². The number of carbonyl (C=O) groups is 1. The van der Waals surface area contributed by atoms with Crippen molar-refractivity contribution in [1.29, 1.82) is 10.7 Å². The summed E-state index contributed by atoms with van der Waals surface area (Å²) in [6.07, 6.45) is -4.66. The standard InChI is InChI=1S/C20H17F4N5O/c1-11-8-15(20(22,23)24)14(10-25)18(27-11)29-7-6-16(26)17(29)19(30)28(2)13-5-3-4-12(21)9-13/h3-5,8-9,17,26H,6-7H2,1-2H3/t17-/m0/s1. The van der Waals surface area contributed by atoms with Crippen LogP contribution in [-0.2, 0) is 11.0 Å². The van der Waals surface area contributed by atoms with Crippen LogP contribution >= 0.6 is 0 Å². The lowest BCUT2D eigenvalue weighted by Crippen LogP contribution is -2.48. The molecule has 6 nitrogen and oxygen atoms in total. The normalized spacial score (nSPS) is 16.5. The van der Waals surface area contributed by atoms with Gasteiger partial charge in [-0.3, -0.25) is 4.79 Å². The van der Waals surface area contributed by atoms with Crippen molar-refractivity contribution in [2.24, 2.45) is 0 Å². The molecule has 0 unspecified atom stereocenters. The molecule has 1 amide bonds. The van der Waals surface area contributed by atoms with E-state index in [1.807, 2.05) is 0 Å². The van der Waals surface area contributed by atoms with Gasteiger partial charge < -0.3 is 15.2 Å². The highest BCUT2D eigenvalue weighted by Crippen LogP contribution is 2.37. The van der Waals surface area contributed by atoms with Crippen LogP contribution in [0.4, 0.5) is 29.1 Å². The van der Waals surface area contributed by atoms with E-state index in [4.69, 9.17) is 5.41 Å². The molecule has 0 bridgehead atoms. The van der Waals surface area contributed by atoms with Crippen molar-refractivity contribution in [2.75, 3.05) is 23.4 Å². The minimum atomic E-state index is -4.78. The second-order valence-corrected chi connectivity index (χ2v) is 6.87. The van der Waals surface area contributed by atoms with Crippen LogP contribution in [0.3, 0.4) is 0 Å². The highest BCUT2D eigenvalue weighted by molar-refractivity contribution is 6.16. The molecule has 0 saturated carbocycles. The maximum absolute atomic E-state index is 13.5. The van der Waals surface area contributed by atoms with Crippen LogP contribution in [0, 0.1) is 29.5 Å². The number of likely N-dealkylation sites (N-methyl/N-ethyl adjacent to an activating group) is 1. The van der Waals surface area contributed by atoms with E-state index < -0.39 is 35.1 Å². The van der Waals surface area contributed by atoms with Crippen molar-refractivity contribution in [2.45, 2.75) is 25.6 Å². The minimum absolute atomic E-state index is 0.0241. The van der Waals surface area contributed by atoms with E-state index in [0.29, 0.717) is 0 Å². The fraction of sp³-hybridized carbons (Fsp3) is 0.300. The number of hydrogen-bond acceptors (Lipinski definition) is 5. The van der Waals surface area contributed by atoms with Gasteiger partial charge in [0.15, 0.2) is 0 Å². The lowest BCUT2D eigenvalue weighted by atomic mass is 10.1. The Morgan fingerprint density at radius 2 is 2.07 bits per heavy atom. The van der Waals surface area contributed by atoms with Crippen LogP contribution in [0.1, 0.15) is 23.2 Å². The molecule has 0 radical (unpaired) electrons. The molecule has 1 fully saturated rings. The number of benzene rings is 1. The summed E-state index contributed by atoms with van der Waals surface area (Å²) in [4.78, 5) is 19.6. The van der Waals surface area contributed by atoms with Crippen molar-refractivity contribution in [1.82, 2.24) is 4.98 Å². The van der Waals surface area contributed by atoms with Crippen LogP contribution in [-0.4, -0.2) is 36.2 Å². The average Bonchev–Trinajstić information content (AvgIpc) is 3.06. The number of pyridine rings is 1. The Morgan fingerprint density at radius 1 is 1.37 bits per heavy atom. The summed E-state index contributed by atoms with van der Waals surface area (Å²) in [5.41, 5.74) is -1.61. The molecule has 0 spiro atoms. The van der Waals surface area contributed by atoms with Gasteiger partial charge in [-0.05, 0) is 31.2 Å². The highest BCUT2D eigenvalue weighted by Gasteiger charge is 2.42. The van der Waals surface area contributed by atoms with Gasteiger partial charge in [0.25, 0.3) is 5.91 Å². The van der Waals surface area contributed by atoms with Gasteiger partial charge >= 0.3 is 6.18 Å². The highest BCUT2D eigenvalue weighted by atomic mass is 19.4. The Labute approximate surface area is 169 Å². The number of anilines is 2. The van der Waals surface area contributed by atoms with Crippen molar-refractivity contribution in [3.8, 4) is 6.07 Å². The number of nitrogens with zero attached hydrogens (tertiary/aromatic N) is 4. The fourth-order valence-electron chi connectivity index (χ4n) is 3.40. The zero-order chi connectivity index (χ0) is 22.2. The average molecular weight is 419 g/mol. The Hall–Kier alpha value is -3.48. The van der Waals surface area contributed by atoms with E-state index >= 15 is 0 Å². The van der Waals surface area contributed by atoms with Gasteiger partial charge in [-0.2, -0.15) is 18.4 Å². The van der Waals surface area contributed by atoms with E-state index in [1.165, 1.54) is 37.1 Å². The summed E-state index contributed by atoms with van der Waals surface area (Å²) >= 11 is 0. The van der Waals surface area contributed by atoms with Gasteiger partial charge in [0, 0.05) is 37.1 Å². The third kappa shape index (κ3) is 3.83. The van der Waals surface area contributed by atoms with Gasteiger partial charge in [-0.25, -0.2) is 9.37 Å². The van der Waals surface area contributed by atoms with Crippen LogP contribution in [0.2, 0.25) is 0 Å². The van der Waals surface area contributed by atoms with Crippen LogP contribution in [0.15, 0.2) is 30.3 Å². The third-order valence-electron chi connectivity index (χ3n) is 4.84. The molecule has 1 aromatic carbocycles. The van der Waals surface area contributed by atoms with Crippen LogP contribution in [0.25, 0.3) is 0 Å². The summed E-state index contributed by atoms with van der Waals surface area (Å²) < 4.78 is 53.9. The van der Waals surface area contributed by atoms with Crippen molar-refractivity contribution in [3.63, 3.8) is 0 Å². The van der Waals surface area contributed by atoms with Crippen LogP contribution < -0.4 is 9.80 Å². The number of amides is 1. The molecular formula is C20H17F4N5O. The number of nitriles is 1. The Kier molecular flexibility index (Phi) is 5.48. The van der Waals surface area contributed by atoms with E-state index in [0.717, 1.165) is 17.0 Å². The van der Waals surface area contributed by atoms with Gasteiger partial charge in [0.05, 0.1) is 5.56 Å². The summed E-state index contributed by atoms with van der Waals surface area (Å²) in [5, 5.41) is 17.6. The largest absolute Gasteiger partial charge is 0.417 e. The topological polar surface area (TPSA) is 84.1 Å². The molecule has 0 aliphatic carbocycles. The Morgan fingerprint density at radius 3 is 2.67 bits per heavy atom. The lowest BCUT2D eigenvalue weighted by Gasteiger charge is -2.30. The van der Waals surface area contributed by atoms with E-state index in [1.54, 1.807) is 6.07 Å². The van der Waals surface area contributed by atoms with E-state index in [9.17, 15) is 27.6 Å². The molecule has 30 heavy (non-hydrogen) atoms. The predicted octanol–water partition coefficient (Wildman–Crippen LogP) is 3.68. The number of rotatable bonds is 3. The van der Waals surface area contributed by atoms with Crippen molar-refractivity contribution >= 4 is 23.1 Å². The maximum atomic E-state index is 13.5. The SMILES string of the molecule is Cc1cc(C(F)(F)F)c(C#N)c(N2CCC(=N)[C@H]2C(=O)N(C)c2cccc(F)c2)n1. The first-order valence-corrected chi connectivity index (χ1v) is 8.90. The summed E-state index contributed by atoms with van der Waals surface area (Å²) in [5.74, 6) is -1.49. The quantitative estimate of drug-likeness (QED) is 0.770. The van der Waals surface area contributed by atoms with Crippen LogP contribution in [0.5, 0.6) is 0 Å². The number of aromatic nitrogens is 1. The molecule has 1 aliphatic heterocycles. The molecule has 1 atom stereocenters. The zero-order valence-electron chi connectivity index (χ0n) is 16.1. The number of alkyl halides is 3. The monoisotopic (exact) mass is 419 g/mol. The number of carbonyl (C=O) groups excluding carboxylic acids is 1.